The molecule has 1 unspecified atom stereocenters. The molecule has 2 nitrogen and oxygen atoms in total. The Morgan fingerprint density at radius 1 is 1.62 bits per heavy atom. The van der Waals surface area contributed by atoms with E-state index in [-0.39, 0.29) is 5.38 Å². The first-order chi connectivity index (χ1) is 3.68. The van der Waals surface area contributed by atoms with Crippen LogP contribution < -0.4 is 0 Å². The van der Waals surface area contributed by atoms with Crippen LogP contribution in [-0.2, 0) is 0 Å². The Kier molecular flexibility index (Phi) is 3.61. The maximum Gasteiger partial charge on any atom is 0.0744 e. The fraction of sp³-hybridized carbons (Fsp3) is 0.800. The van der Waals surface area contributed by atoms with Gasteiger partial charge < -0.3 is 5.21 Å². The van der Waals surface area contributed by atoms with Crippen molar-refractivity contribution in [2.24, 2.45) is 11.1 Å². The van der Waals surface area contributed by atoms with Gasteiger partial charge in [-0.25, -0.2) is 0 Å². The first-order valence-electron chi connectivity index (χ1n) is 2.50. The van der Waals surface area contributed by atoms with Crippen LogP contribution in [0.1, 0.15) is 13.8 Å². The van der Waals surface area contributed by atoms with Gasteiger partial charge in [-0.1, -0.05) is 13.8 Å². The van der Waals surface area contributed by atoms with Crippen LogP contribution in [0.25, 0.3) is 0 Å². The van der Waals surface area contributed by atoms with Gasteiger partial charge in [0.15, 0.2) is 0 Å². The van der Waals surface area contributed by atoms with E-state index >= 15 is 0 Å². The van der Waals surface area contributed by atoms with E-state index in [9.17, 15) is 0 Å². The summed E-state index contributed by atoms with van der Waals surface area (Å²) in [6, 6.07) is 0. The summed E-state index contributed by atoms with van der Waals surface area (Å²) in [7, 11) is 0. The molecule has 8 heavy (non-hydrogen) atoms. The fourth-order valence-electron chi connectivity index (χ4n) is 0.236. The average Bonchev–Trinajstić information content (AvgIpc) is 1.67. The van der Waals surface area contributed by atoms with Crippen molar-refractivity contribution >= 4 is 17.8 Å². The van der Waals surface area contributed by atoms with E-state index in [1.807, 2.05) is 13.8 Å². The van der Waals surface area contributed by atoms with Gasteiger partial charge in [-0.15, -0.1) is 16.8 Å². The molecule has 0 bridgehead atoms. The Hall–Kier alpha value is -0.240. The van der Waals surface area contributed by atoms with Crippen molar-refractivity contribution in [1.82, 2.24) is 0 Å². The molecule has 0 aliphatic carbocycles. The molecule has 48 valence electrons. The van der Waals surface area contributed by atoms with E-state index in [2.05, 4.69) is 5.16 Å². The van der Waals surface area contributed by atoms with Gasteiger partial charge in [0, 0.05) is 0 Å². The van der Waals surface area contributed by atoms with Gasteiger partial charge in [0.25, 0.3) is 0 Å². The number of nitrogens with zero attached hydrogens (tertiary/aromatic N) is 1. The van der Waals surface area contributed by atoms with Crippen molar-refractivity contribution in [2.75, 3.05) is 0 Å². The van der Waals surface area contributed by atoms with Gasteiger partial charge in [0.1, 0.15) is 0 Å². The minimum Gasteiger partial charge on any atom is -0.411 e. The second-order valence-corrected chi connectivity index (χ2v) is 2.46. The topological polar surface area (TPSA) is 32.6 Å². The minimum atomic E-state index is -0.153. The lowest BCUT2D eigenvalue weighted by Crippen LogP contribution is -2.08. The third-order valence-corrected chi connectivity index (χ3v) is 1.46. The van der Waals surface area contributed by atoms with Crippen LogP contribution in [0.5, 0.6) is 0 Å². The zero-order valence-electron chi connectivity index (χ0n) is 5.00. The Morgan fingerprint density at radius 3 is 2.25 bits per heavy atom. The normalized spacial score (nSPS) is 15.5. The first kappa shape index (κ1) is 7.76. The summed E-state index contributed by atoms with van der Waals surface area (Å²) in [6.45, 7) is 3.92. The third-order valence-electron chi connectivity index (χ3n) is 0.846. The second kappa shape index (κ2) is 3.72. The number of alkyl halides is 1. The van der Waals surface area contributed by atoms with Crippen molar-refractivity contribution in [3.05, 3.63) is 0 Å². The number of oxime groups is 1. The third kappa shape index (κ3) is 2.86. The van der Waals surface area contributed by atoms with Gasteiger partial charge in [-0.05, 0) is 5.92 Å². The van der Waals surface area contributed by atoms with Crippen LogP contribution in [0.15, 0.2) is 5.16 Å². The maximum atomic E-state index is 7.97. The monoisotopic (exact) mass is 135 g/mol. The summed E-state index contributed by atoms with van der Waals surface area (Å²) >= 11 is 5.61. The van der Waals surface area contributed by atoms with E-state index in [1.54, 1.807) is 0 Å². The van der Waals surface area contributed by atoms with Crippen molar-refractivity contribution in [1.29, 1.82) is 0 Å². The SMILES string of the molecule is CC(C)C(Cl)C=NO. The Labute approximate surface area is 54.1 Å². The second-order valence-electron chi connectivity index (χ2n) is 1.95. The molecule has 0 spiro atoms. The zero-order valence-corrected chi connectivity index (χ0v) is 5.76. The molecule has 0 aromatic heterocycles. The molecular formula is C5H10ClNO. The quantitative estimate of drug-likeness (QED) is 0.266. The summed E-state index contributed by atoms with van der Waals surface area (Å²) < 4.78 is 0. The summed E-state index contributed by atoms with van der Waals surface area (Å²) in [6.07, 6.45) is 1.31. The number of halogens is 1. The largest absolute Gasteiger partial charge is 0.411 e. The molecule has 0 aliphatic rings. The van der Waals surface area contributed by atoms with Crippen molar-refractivity contribution in [3.8, 4) is 0 Å². The molecule has 0 saturated carbocycles. The standard InChI is InChI=1S/C5H10ClNO/c1-4(2)5(6)3-7-8/h3-5,8H,1-2H3. The lowest BCUT2D eigenvalue weighted by atomic mass is 10.1. The van der Waals surface area contributed by atoms with Crippen molar-refractivity contribution < 1.29 is 5.21 Å². The average molecular weight is 136 g/mol. The molecule has 1 N–H and O–H groups in total. The number of hydrogen-bond donors (Lipinski definition) is 1. The molecule has 0 amide bonds. The highest BCUT2D eigenvalue weighted by Gasteiger charge is 2.04. The van der Waals surface area contributed by atoms with Gasteiger partial charge >= 0.3 is 0 Å². The molecule has 0 radical (unpaired) electrons. The van der Waals surface area contributed by atoms with Crippen LogP contribution in [0.4, 0.5) is 0 Å². The molecule has 0 rings (SSSR count). The lowest BCUT2D eigenvalue weighted by Gasteiger charge is -2.03. The van der Waals surface area contributed by atoms with Gasteiger partial charge in [0.2, 0.25) is 0 Å². The van der Waals surface area contributed by atoms with Gasteiger partial charge in [0.05, 0.1) is 11.6 Å². The molecule has 3 heteroatoms. The van der Waals surface area contributed by atoms with Gasteiger partial charge in [-0.2, -0.15) is 0 Å². The summed E-state index contributed by atoms with van der Waals surface area (Å²) in [5, 5.41) is 10.6. The van der Waals surface area contributed by atoms with Crippen molar-refractivity contribution in [3.63, 3.8) is 0 Å². The highest BCUT2D eigenvalue weighted by Crippen LogP contribution is 2.05. The first-order valence-corrected chi connectivity index (χ1v) is 2.93. The number of rotatable bonds is 2. The van der Waals surface area contributed by atoms with Crippen LogP contribution in [0.2, 0.25) is 0 Å². The van der Waals surface area contributed by atoms with E-state index in [4.69, 9.17) is 16.8 Å². The van der Waals surface area contributed by atoms with E-state index in [1.165, 1.54) is 6.21 Å². The predicted molar refractivity (Wildman–Crippen MR) is 34.8 cm³/mol. The van der Waals surface area contributed by atoms with Gasteiger partial charge in [-0.3, -0.25) is 0 Å². The Bertz CT molecular complexity index is 82.5. The van der Waals surface area contributed by atoms with Crippen LogP contribution >= 0.6 is 11.6 Å². The smallest absolute Gasteiger partial charge is 0.0744 e. The van der Waals surface area contributed by atoms with E-state index in [0.717, 1.165) is 0 Å². The van der Waals surface area contributed by atoms with E-state index in [0.29, 0.717) is 5.92 Å². The summed E-state index contributed by atoms with van der Waals surface area (Å²) in [5.74, 6) is 0.326. The van der Waals surface area contributed by atoms with Crippen LogP contribution in [0.3, 0.4) is 0 Å². The van der Waals surface area contributed by atoms with Crippen molar-refractivity contribution in [2.45, 2.75) is 19.2 Å². The highest BCUT2D eigenvalue weighted by molar-refractivity contribution is 6.28. The minimum absolute atomic E-state index is 0.153. The molecular weight excluding hydrogens is 126 g/mol. The Morgan fingerprint density at radius 2 is 2.12 bits per heavy atom. The molecule has 0 aliphatic heterocycles. The molecule has 0 saturated heterocycles. The molecule has 0 fully saturated rings. The highest BCUT2D eigenvalue weighted by atomic mass is 35.5. The number of hydrogen-bond acceptors (Lipinski definition) is 2. The summed E-state index contributed by atoms with van der Waals surface area (Å²) in [5.41, 5.74) is 0. The summed E-state index contributed by atoms with van der Waals surface area (Å²) in [4.78, 5) is 0. The fourth-order valence-corrected chi connectivity index (χ4v) is 0.286. The zero-order chi connectivity index (χ0) is 6.57. The van der Waals surface area contributed by atoms with Crippen LogP contribution in [0, 0.1) is 5.92 Å². The predicted octanol–water partition coefficient (Wildman–Crippen LogP) is 1.71. The molecule has 0 heterocycles. The Balaban J connectivity index is 3.47. The molecule has 0 aromatic carbocycles. The molecule has 0 aromatic rings. The maximum absolute atomic E-state index is 7.97. The lowest BCUT2D eigenvalue weighted by molar-refractivity contribution is 0.320. The van der Waals surface area contributed by atoms with Crippen LogP contribution in [-0.4, -0.2) is 16.8 Å². The van der Waals surface area contributed by atoms with E-state index < -0.39 is 0 Å². The molecule has 1 atom stereocenters.